The van der Waals surface area contributed by atoms with E-state index in [1.165, 1.54) is 0 Å². The molecular formula is C15H14O2. The zero-order chi connectivity index (χ0) is 11.7. The van der Waals surface area contributed by atoms with Crippen LogP contribution in [0.2, 0.25) is 0 Å². The van der Waals surface area contributed by atoms with Crippen molar-refractivity contribution >= 4 is 5.78 Å². The van der Waals surface area contributed by atoms with Gasteiger partial charge in [-0.1, -0.05) is 30.4 Å². The molecule has 0 amide bonds. The van der Waals surface area contributed by atoms with Crippen LogP contribution in [0.4, 0.5) is 0 Å². The Kier molecular flexibility index (Phi) is 2.56. The highest BCUT2D eigenvalue weighted by Crippen LogP contribution is 2.31. The summed E-state index contributed by atoms with van der Waals surface area (Å²) in [4.78, 5) is 12.0. The van der Waals surface area contributed by atoms with E-state index < -0.39 is 0 Å². The smallest absolute Gasteiger partial charge is 0.170 e. The molecular weight excluding hydrogens is 212 g/mol. The topological polar surface area (TPSA) is 26.3 Å². The van der Waals surface area contributed by atoms with Crippen LogP contribution in [0.3, 0.4) is 0 Å². The van der Waals surface area contributed by atoms with Gasteiger partial charge in [0.15, 0.2) is 5.78 Å². The first-order valence-electron chi connectivity index (χ1n) is 6.00. The molecule has 1 aromatic rings. The summed E-state index contributed by atoms with van der Waals surface area (Å²) in [6.45, 7) is 0. The van der Waals surface area contributed by atoms with Crippen molar-refractivity contribution in [2.24, 2.45) is 0 Å². The Morgan fingerprint density at radius 2 is 2.06 bits per heavy atom. The van der Waals surface area contributed by atoms with E-state index in [9.17, 15) is 4.79 Å². The van der Waals surface area contributed by atoms with Crippen LogP contribution in [0, 0.1) is 0 Å². The first-order valence-corrected chi connectivity index (χ1v) is 6.00. The molecule has 2 nitrogen and oxygen atoms in total. The first kappa shape index (κ1) is 10.3. The minimum Gasteiger partial charge on any atom is -0.485 e. The number of ether oxygens (including phenoxy) is 1. The molecule has 1 aromatic carbocycles. The van der Waals surface area contributed by atoms with Gasteiger partial charge in [-0.05, 0) is 30.5 Å². The number of carbonyl (C=O) groups is 1. The fourth-order valence-corrected chi connectivity index (χ4v) is 2.33. The minimum absolute atomic E-state index is 0.103. The number of allylic oxidation sites excluding steroid dienone is 2. The molecule has 2 aliphatic rings. The molecule has 3 rings (SSSR count). The molecule has 1 unspecified atom stereocenters. The summed E-state index contributed by atoms with van der Waals surface area (Å²) >= 11 is 0. The standard InChI is InChI=1S/C15H14O2/c16-13-10-15(11-6-2-1-3-7-11)17-14-9-5-4-8-12(13)14/h2,4-9,15H,1,3,10H2. The highest BCUT2D eigenvalue weighted by Gasteiger charge is 2.27. The van der Waals surface area contributed by atoms with E-state index >= 15 is 0 Å². The van der Waals surface area contributed by atoms with Gasteiger partial charge >= 0.3 is 0 Å². The Balaban J connectivity index is 1.91. The van der Waals surface area contributed by atoms with Crippen molar-refractivity contribution in [3.63, 3.8) is 0 Å². The molecule has 2 heteroatoms. The number of Topliss-reactive ketones (excluding diaryl/α,β-unsaturated/α-hetero) is 1. The molecule has 1 aliphatic carbocycles. The first-order chi connectivity index (χ1) is 8.34. The molecule has 0 saturated carbocycles. The van der Waals surface area contributed by atoms with Crippen LogP contribution in [0.5, 0.6) is 5.75 Å². The van der Waals surface area contributed by atoms with Gasteiger partial charge in [-0.2, -0.15) is 0 Å². The lowest BCUT2D eigenvalue weighted by Crippen LogP contribution is -2.28. The number of hydrogen-bond donors (Lipinski definition) is 0. The van der Waals surface area contributed by atoms with Crippen molar-refractivity contribution in [2.75, 3.05) is 0 Å². The quantitative estimate of drug-likeness (QED) is 0.734. The van der Waals surface area contributed by atoms with Crippen LogP contribution in [-0.4, -0.2) is 11.9 Å². The highest BCUT2D eigenvalue weighted by molar-refractivity contribution is 6.00. The van der Waals surface area contributed by atoms with Crippen LogP contribution in [-0.2, 0) is 0 Å². The largest absolute Gasteiger partial charge is 0.485 e. The maximum absolute atomic E-state index is 12.0. The summed E-state index contributed by atoms with van der Waals surface area (Å²) < 4.78 is 5.90. The van der Waals surface area contributed by atoms with Gasteiger partial charge in [-0.15, -0.1) is 0 Å². The van der Waals surface area contributed by atoms with Crippen molar-refractivity contribution in [2.45, 2.75) is 25.4 Å². The average Bonchev–Trinajstić information content (AvgIpc) is 2.40. The highest BCUT2D eigenvalue weighted by atomic mass is 16.5. The number of rotatable bonds is 1. The Labute approximate surface area is 101 Å². The number of para-hydroxylation sites is 1. The summed E-state index contributed by atoms with van der Waals surface area (Å²) in [6, 6.07) is 7.48. The van der Waals surface area contributed by atoms with Crippen molar-refractivity contribution < 1.29 is 9.53 Å². The Hall–Kier alpha value is -1.83. The predicted molar refractivity (Wildman–Crippen MR) is 66.3 cm³/mol. The van der Waals surface area contributed by atoms with E-state index in [2.05, 4.69) is 18.2 Å². The molecule has 1 heterocycles. The van der Waals surface area contributed by atoms with Crippen molar-refractivity contribution in [3.05, 3.63) is 53.6 Å². The average molecular weight is 226 g/mol. The zero-order valence-corrected chi connectivity index (χ0v) is 9.56. The van der Waals surface area contributed by atoms with Gasteiger partial charge in [0.2, 0.25) is 0 Å². The van der Waals surface area contributed by atoms with Gasteiger partial charge in [0, 0.05) is 0 Å². The number of ketones is 1. The second-order valence-corrected chi connectivity index (χ2v) is 4.41. The van der Waals surface area contributed by atoms with E-state index in [0.717, 1.165) is 18.4 Å². The minimum atomic E-state index is -0.103. The third kappa shape index (κ3) is 1.91. The molecule has 0 aromatic heterocycles. The van der Waals surface area contributed by atoms with Gasteiger partial charge < -0.3 is 4.74 Å². The summed E-state index contributed by atoms with van der Waals surface area (Å²) in [7, 11) is 0. The predicted octanol–water partition coefficient (Wildman–Crippen LogP) is 3.30. The van der Waals surface area contributed by atoms with Gasteiger partial charge in [-0.3, -0.25) is 4.79 Å². The normalized spacial score (nSPS) is 22.7. The lowest BCUT2D eigenvalue weighted by atomic mass is 9.93. The van der Waals surface area contributed by atoms with Crippen LogP contribution in [0.15, 0.2) is 48.1 Å². The molecule has 0 bridgehead atoms. The number of fused-ring (bicyclic) bond motifs is 1. The Morgan fingerprint density at radius 1 is 1.18 bits per heavy atom. The SMILES string of the molecule is O=C1CC(C2=CCCC=C2)Oc2ccccc21. The molecule has 0 saturated heterocycles. The van der Waals surface area contributed by atoms with Crippen LogP contribution < -0.4 is 4.74 Å². The van der Waals surface area contributed by atoms with Gasteiger partial charge in [-0.25, -0.2) is 0 Å². The summed E-state index contributed by atoms with van der Waals surface area (Å²) in [5.74, 6) is 0.894. The van der Waals surface area contributed by atoms with Crippen molar-refractivity contribution in [1.82, 2.24) is 0 Å². The molecule has 86 valence electrons. The van der Waals surface area contributed by atoms with E-state index in [0.29, 0.717) is 17.7 Å². The molecule has 0 radical (unpaired) electrons. The number of carbonyl (C=O) groups excluding carboxylic acids is 1. The van der Waals surface area contributed by atoms with E-state index in [4.69, 9.17) is 4.74 Å². The Morgan fingerprint density at radius 3 is 2.88 bits per heavy atom. The third-order valence-electron chi connectivity index (χ3n) is 3.22. The zero-order valence-electron chi connectivity index (χ0n) is 9.56. The maximum Gasteiger partial charge on any atom is 0.170 e. The lowest BCUT2D eigenvalue weighted by molar-refractivity contribution is 0.0887. The fourth-order valence-electron chi connectivity index (χ4n) is 2.33. The molecule has 0 N–H and O–H groups in total. The molecule has 17 heavy (non-hydrogen) atoms. The fraction of sp³-hybridized carbons (Fsp3) is 0.267. The van der Waals surface area contributed by atoms with E-state index in [1.807, 2.05) is 24.3 Å². The van der Waals surface area contributed by atoms with Gasteiger partial charge in [0.05, 0.1) is 12.0 Å². The molecule has 1 aliphatic heterocycles. The summed E-state index contributed by atoms with van der Waals surface area (Å²) in [5.41, 5.74) is 1.85. The molecule has 1 atom stereocenters. The van der Waals surface area contributed by atoms with Gasteiger partial charge in [0.1, 0.15) is 11.9 Å². The maximum atomic E-state index is 12.0. The molecule has 0 fully saturated rings. The van der Waals surface area contributed by atoms with Gasteiger partial charge in [0.25, 0.3) is 0 Å². The summed E-state index contributed by atoms with van der Waals surface area (Å²) in [5, 5.41) is 0. The lowest BCUT2D eigenvalue weighted by Gasteiger charge is -2.26. The van der Waals surface area contributed by atoms with Crippen LogP contribution in [0.25, 0.3) is 0 Å². The Bertz CT molecular complexity index is 511. The molecule has 0 spiro atoms. The van der Waals surface area contributed by atoms with Crippen molar-refractivity contribution in [3.8, 4) is 5.75 Å². The second-order valence-electron chi connectivity index (χ2n) is 4.41. The van der Waals surface area contributed by atoms with Crippen molar-refractivity contribution in [1.29, 1.82) is 0 Å². The van der Waals surface area contributed by atoms with Crippen LogP contribution in [0.1, 0.15) is 29.6 Å². The summed E-state index contributed by atoms with van der Waals surface area (Å²) in [6.07, 6.45) is 8.87. The number of benzene rings is 1. The number of hydrogen-bond acceptors (Lipinski definition) is 2. The monoisotopic (exact) mass is 226 g/mol. The van der Waals surface area contributed by atoms with E-state index in [-0.39, 0.29) is 11.9 Å². The van der Waals surface area contributed by atoms with E-state index in [1.54, 1.807) is 0 Å². The third-order valence-corrected chi connectivity index (χ3v) is 3.22. The van der Waals surface area contributed by atoms with Crippen LogP contribution >= 0.6 is 0 Å². The second kappa shape index (κ2) is 4.21.